The van der Waals surface area contributed by atoms with Crippen molar-refractivity contribution in [1.82, 2.24) is 15.1 Å². The van der Waals surface area contributed by atoms with Gasteiger partial charge in [-0.15, -0.1) is 0 Å². The molecule has 7 heteroatoms. The number of halogens is 1. The van der Waals surface area contributed by atoms with E-state index in [-0.39, 0.29) is 17.6 Å². The molecule has 0 radical (unpaired) electrons. The highest BCUT2D eigenvalue weighted by atomic mass is 19.1. The first kappa shape index (κ1) is 22.4. The van der Waals surface area contributed by atoms with Gasteiger partial charge in [0.15, 0.2) is 0 Å². The van der Waals surface area contributed by atoms with Gasteiger partial charge >= 0.3 is 0 Å². The number of carbonyl (C=O) groups excluding carboxylic acids is 2. The molecule has 0 saturated carbocycles. The van der Waals surface area contributed by atoms with Crippen molar-refractivity contribution < 1.29 is 14.0 Å². The van der Waals surface area contributed by atoms with Gasteiger partial charge < -0.3 is 10.2 Å². The maximum Gasteiger partial charge on any atom is 0.251 e. The van der Waals surface area contributed by atoms with Crippen molar-refractivity contribution in [3.05, 3.63) is 71.0 Å². The van der Waals surface area contributed by atoms with Crippen molar-refractivity contribution in [2.45, 2.75) is 25.8 Å². The molecular weight excluding hydrogens is 395 g/mol. The van der Waals surface area contributed by atoms with E-state index in [1.807, 2.05) is 29.2 Å². The van der Waals surface area contributed by atoms with Gasteiger partial charge in [0, 0.05) is 51.3 Å². The average molecular weight is 423 g/mol. The van der Waals surface area contributed by atoms with E-state index in [2.05, 4.69) is 16.3 Å². The Hall–Kier alpha value is -3.24. The Morgan fingerprint density at radius 2 is 1.74 bits per heavy atom. The van der Waals surface area contributed by atoms with E-state index in [1.165, 1.54) is 24.3 Å². The fraction of sp³-hybridized carbons (Fsp3) is 0.375. The summed E-state index contributed by atoms with van der Waals surface area (Å²) in [6.07, 6.45) is 1.87. The molecule has 0 aliphatic carbocycles. The van der Waals surface area contributed by atoms with Crippen molar-refractivity contribution in [2.24, 2.45) is 0 Å². The van der Waals surface area contributed by atoms with Crippen LogP contribution in [0.5, 0.6) is 0 Å². The lowest BCUT2D eigenvalue weighted by Gasteiger charge is -2.22. The molecule has 1 fully saturated rings. The van der Waals surface area contributed by atoms with Gasteiger partial charge in [-0.3, -0.25) is 14.5 Å². The lowest BCUT2D eigenvalue weighted by molar-refractivity contribution is -0.131. The number of hydrogen-bond acceptors (Lipinski definition) is 4. The normalized spacial score (nSPS) is 14.5. The van der Waals surface area contributed by atoms with Crippen LogP contribution in [0.3, 0.4) is 0 Å². The molecule has 31 heavy (non-hydrogen) atoms. The van der Waals surface area contributed by atoms with Crippen LogP contribution in [0, 0.1) is 17.1 Å². The predicted octanol–water partition coefficient (Wildman–Crippen LogP) is 2.94. The summed E-state index contributed by atoms with van der Waals surface area (Å²) in [5.41, 5.74) is 2.23. The number of benzene rings is 2. The molecule has 0 aromatic heterocycles. The molecule has 6 nitrogen and oxygen atoms in total. The van der Waals surface area contributed by atoms with E-state index in [0.29, 0.717) is 37.1 Å². The van der Waals surface area contributed by atoms with Crippen LogP contribution in [-0.2, 0) is 11.3 Å². The van der Waals surface area contributed by atoms with E-state index in [0.717, 1.165) is 38.2 Å². The lowest BCUT2D eigenvalue weighted by atomic mass is 10.1. The van der Waals surface area contributed by atoms with Crippen molar-refractivity contribution in [1.29, 1.82) is 5.26 Å². The molecule has 0 atom stereocenters. The quantitative estimate of drug-likeness (QED) is 0.696. The molecule has 0 bridgehead atoms. The third-order valence-corrected chi connectivity index (χ3v) is 5.39. The second-order valence-corrected chi connectivity index (χ2v) is 7.69. The van der Waals surface area contributed by atoms with Crippen LogP contribution < -0.4 is 5.32 Å². The van der Waals surface area contributed by atoms with Crippen LogP contribution in [-0.4, -0.2) is 54.3 Å². The maximum absolute atomic E-state index is 12.9. The number of nitriles is 1. The van der Waals surface area contributed by atoms with Crippen LogP contribution in [0.4, 0.5) is 4.39 Å². The standard InChI is InChI=1S/C24H27FN4O2/c25-22-10-8-21(9-11-22)24(31)27-12-1-3-23(30)29-14-2-13-28(15-16-29)18-20-6-4-19(17-26)5-7-20/h4-11H,1-3,12-16,18H2,(H,27,31). The molecular formula is C24H27FN4O2. The van der Waals surface area contributed by atoms with Gasteiger partial charge in [-0.05, 0) is 54.8 Å². The summed E-state index contributed by atoms with van der Waals surface area (Å²) in [5.74, 6) is -0.535. The minimum Gasteiger partial charge on any atom is -0.352 e. The van der Waals surface area contributed by atoms with E-state index >= 15 is 0 Å². The topological polar surface area (TPSA) is 76.4 Å². The van der Waals surface area contributed by atoms with Crippen LogP contribution in [0.25, 0.3) is 0 Å². The zero-order valence-corrected chi connectivity index (χ0v) is 17.5. The molecule has 162 valence electrons. The van der Waals surface area contributed by atoms with E-state index < -0.39 is 0 Å². The van der Waals surface area contributed by atoms with E-state index in [1.54, 1.807) is 0 Å². The highest BCUT2D eigenvalue weighted by Gasteiger charge is 2.19. The second-order valence-electron chi connectivity index (χ2n) is 7.69. The summed E-state index contributed by atoms with van der Waals surface area (Å²) in [6, 6.07) is 15.1. The van der Waals surface area contributed by atoms with Crippen LogP contribution in [0.1, 0.15) is 40.7 Å². The van der Waals surface area contributed by atoms with Gasteiger partial charge in [-0.1, -0.05) is 12.1 Å². The fourth-order valence-corrected chi connectivity index (χ4v) is 3.62. The summed E-state index contributed by atoms with van der Waals surface area (Å²) >= 11 is 0. The predicted molar refractivity (Wildman–Crippen MR) is 116 cm³/mol. The molecule has 1 saturated heterocycles. The van der Waals surface area contributed by atoms with Crippen LogP contribution in [0.2, 0.25) is 0 Å². The van der Waals surface area contributed by atoms with Crippen molar-refractivity contribution in [2.75, 3.05) is 32.7 Å². The van der Waals surface area contributed by atoms with Crippen molar-refractivity contribution in [3.63, 3.8) is 0 Å². The van der Waals surface area contributed by atoms with Gasteiger partial charge in [0.05, 0.1) is 11.6 Å². The minimum atomic E-state index is -0.380. The zero-order valence-electron chi connectivity index (χ0n) is 17.5. The Labute approximate surface area is 182 Å². The van der Waals surface area contributed by atoms with Gasteiger partial charge in [0.2, 0.25) is 5.91 Å². The Kier molecular flexibility index (Phi) is 8.13. The van der Waals surface area contributed by atoms with Gasteiger partial charge in [0.1, 0.15) is 5.82 Å². The van der Waals surface area contributed by atoms with E-state index in [4.69, 9.17) is 5.26 Å². The molecule has 2 aromatic rings. The Morgan fingerprint density at radius 3 is 2.45 bits per heavy atom. The van der Waals surface area contributed by atoms with E-state index in [9.17, 15) is 14.0 Å². The summed E-state index contributed by atoms with van der Waals surface area (Å²) < 4.78 is 12.9. The highest BCUT2D eigenvalue weighted by molar-refractivity contribution is 5.94. The number of nitrogens with one attached hydrogen (secondary N) is 1. The Balaban J connectivity index is 1.37. The van der Waals surface area contributed by atoms with Gasteiger partial charge in [-0.25, -0.2) is 4.39 Å². The molecule has 1 aliphatic rings. The molecule has 1 N–H and O–H groups in total. The third-order valence-electron chi connectivity index (χ3n) is 5.39. The minimum absolute atomic E-state index is 0.108. The number of hydrogen-bond donors (Lipinski definition) is 1. The SMILES string of the molecule is N#Cc1ccc(CN2CCCN(C(=O)CCCNC(=O)c3ccc(F)cc3)CC2)cc1. The molecule has 0 unspecified atom stereocenters. The smallest absolute Gasteiger partial charge is 0.251 e. The Bertz CT molecular complexity index is 922. The fourth-order valence-electron chi connectivity index (χ4n) is 3.62. The molecule has 1 heterocycles. The first-order valence-corrected chi connectivity index (χ1v) is 10.6. The molecule has 1 aliphatic heterocycles. The molecule has 2 amide bonds. The summed E-state index contributed by atoms with van der Waals surface area (Å²) in [7, 11) is 0. The first-order chi connectivity index (χ1) is 15.0. The monoisotopic (exact) mass is 422 g/mol. The van der Waals surface area contributed by atoms with Crippen LogP contribution >= 0.6 is 0 Å². The Morgan fingerprint density at radius 1 is 1.00 bits per heavy atom. The lowest BCUT2D eigenvalue weighted by Crippen LogP contribution is -2.35. The first-order valence-electron chi connectivity index (χ1n) is 10.6. The third kappa shape index (κ3) is 6.90. The number of rotatable bonds is 7. The average Bonchev–Trinajstić information content (AvgIpc) is 3.03. The number of carbonyl (C=O) groups is 2. The summed E-state index contributed by atoms with van der Waals surface area (Å²) in [4.78, 5) is 28.8. The van der Waals surface area contributed by atoms with Crippen molar-refractivity contribution >= 4 is 11.8 Å². The maximum atomic E-state index is 12.9. The number of amides is 2. The van der Waals surface area contributed by atoms with Gasteiger partial charge in [-0.2, -0.15) is 5.26 Å². The second kappa shape index (κ2) is 11.2. The summed E-state index contributed by atoms with van der Waals surface area (Å²) in [5, 5.41) is 11.7. The highest BCUT2D eigenvalue weighted by Crippen LogP contribution is 2.11. The number of nitrogens with zero attached hydrogens (tertiary/aromatic N) is 3. The molecule has 3 rings (SSSR count). The molecule has 0 spiro atoms. The summed E-state index contributed by atoms with van der Waals surface area (Å²) in [6.45, 7) is 4.38. The molecule has 2 aromatic carbocycles. The zero-order chi connectivity index (χ0) is 22.1. The van der Waals surface area contributed by atoms with Crippen LogP contribution in [0.15, 0.2) is 48.5 Å². The van der Waals surface area contributed by atoms with Crippen molar-refractivity contribution in [3.8, 4) is 6.07 Å². The largest absolute Gasteiger partial charge is 0.352 e. The van der Waals surface area contributed by atoms with Gasteiger partial charge in [0.25, 0.3) is 5.91 Å².